The molecule has 5 heteroatoms. The zero-order valence-corrected chi connectivity index (χ0v) is 14.5. The van der Waals surface area contributed by atoms with Gasteiger partial charge in [-0.1, -0.05) is 42.5 Å². The molecule has 1 aromatic heterocycles. The van der Waals surface area contributed by atoms with Crippen LogP contribution >= 0.6 is 11.3 Å². The minimum atomic E-state index is -0.463. The maximum Gasteiger partial charge on any atom is 0.340 e. The maximum atomic E-state index is 12.4. The van der Waals surface area contributed by atoms with Crippen LogP contribution in [-0.4, -0.2) is 19.0 Å². The summed E-state index contributed by atoms with van der Waals surface area (Å²) in [5.41, 5.74) is 3.26. The van der Waals surface area contributed by atoms with Crippen molar-refractivity contribution in [3.8, 4) is 0 Å². The molecule has 3 aromatic rings. The Labute approximate surface area is 150 Å². The van der Waals surface area contributed by atoms with Gasteiger partial charge in [0.2, 0.25) is 0 Å². The predicted octanol–water partition coefficient (Wildman–Crippen LogP) is 4.38. The number of carbonyl (C=O) groups excluding carboxylic acids is 2. The van der Waals surface area contributed by atoms with Crippen molar-refractivity contribution in [1.82, 2.24) is 0 Å². The summed E-state index contributed by atoms with van der Waals surface area (Å²) in [4.78, 5) is 24.1. The Kier molecular flexibility index (Phi) is 5.26. The Morgan fingerprint density at radius 3 is 2.32 bits per heavy atom. The van der Waals surface area contributed by atoms with Crippen LogP contribution in [0.3, 0.4) is 0 Å². The van der Waals surface area contributed by atoms with Gasteiger partial charge in [-0.25, -0.2) is 4.79 Å². The topological polar surface area (TPSA) is 55.4 Å². The van der Waals surface area contributed by atoms with Crippen LogP contribution in [0.25, 0.3) is 0 Å². The lowest BCUT2D eigenvalue weighted by Gasteiger charge is -2.07. The van der Waals surface area contributed by atoms with Gasteiger partial charge in [0.15, 0.2) is 0 Å². The molecule has 1 N–H and O–H groups in total. The number of hydrogen-bond acceptors (Lipinski definition) is 4. The van der Waals surface area contributed by atoms with Gasteiger partial charge in [-0.15, -0.1) is 11.3 Å². The fraction of sp³-hybridized carbons (Fsp3) is 0.100. The minimum absolute atomic E-state index is 0.251. The summed E-state index contributed by atoms with van der Waals surface area (Å²) >= 11 is 1.29. The van der Waals surface area contributed by atoms with Crippen molar-refractivity contribution in [2.24, 2.45) is 0 Å². The first-order valence-corrected chi connectivity index (χ1v) is 8.65. The van der Waals surface area contributed by atoms with Gasteiger partial charge in [0.25, 0.3) is 5.91 Å². The number of nitrogens with one attached hydrogen (secondary N) is 1. The third-order valence-electron chi connectivity index (χ3n) is 3.76. The Morgan fingerprint density at radius 1 is 0.960 bits per heavy atom. The molecule has 0 unspecified atom stereocenters. The van der Waals surface area contributed by atoms with Gasteiger partial charge in [-0.05, 0) is 41.1 Å². The van der Waals surface area contributed by atoms with Crippen LogP contribution in [0.15, 0.2) is 66.0 Å². The van der Waals surface area contributed by atoms with Gasteiger partial charge >= 0.3 is 5.97 Å². The molecule has 0 saturated heterocycles. The van der Waals surface area contributed by atoms with Crippen LogP contribution in [-0.2, 0) is 11.2 Å². The average Bonchev–Trinajstić information content (AvgIpc) is 3.10. The fourth-order valence-electron chi connectivity index (χ4n) is 2.46. The van der Waals surface area contributed by atoms with Gasteiger partial charge in [-0.2, -0.15) is 0 Å². The van der Waals surface area contributed by atoms with E-state index in [1.165, 1.54) is 24.0 Å². The summed E-state index contributed by atoms with van der Waals surface area (Å²) in [6.07, 6.45) is 0.820. The molecule has 0 fully saturated rings. The third kappa shape index (κ3) is 4.14. The molecule has 0 aliphatic rings. The Balaban J connectivity index is 1.69. The lowest BCUT2D eigenvalue weighted by Crippen LogP contribution is -2.13. The average molecular weight is 351 g/mol. The fourth-order valence-corrected chi connectivity index (χ4v) is 3.23. The molecule has 0 atom stereocenters. The number of anilines is 1. The zero-order chi connectivity index (χ0) is 17.6. The molecule has 0 saturated carbocycles. The van der Waals surface area contributed by atoms with Crippen molar-refractivity contribution in [2.45, 2.75) is 6.42 Å². The molecular formula is C20H17NO3S. The van der Waals surface area contributed by atoms with Gasteiger partial charge in [0, 0.05) is 5.56 Å². The Morgan fingerprint density at radius 2 is 1.64 bits per heavy atom. The molecule has 1 amide bonds. The molecule has 25 heavy (non-hydrogen) atoms. The first-order chi connectivity index (χ1) is 12.2. The third-order valence-corrected chi connectivity index (χ3v) is 4.59. The second kappa shape index (κ2) is 7.77. The Bertz CT molecular complexity index is 869. The number of amides is 1. The normalized spacial score (nSPS) is 10.3. The van der Waals surface area contributed by atoms with Gasteiger partial charge in [0.1, 0.15) is 5.00 Å². The van der Waals surface area contributed by atoms with E-state index >= 15 is 0 Å². The summed E-state index contributed by atoms with van der Waals surface area (Å²) in [6, 6.07) is 19.3. The first kappa shape index (κ1) is 16.9. The smallest absolute Gasteiger partial charge is 0.340 e. The van der Waals surface area contributed by atoms with Crippen LogP contribution < -0.4 is 5.32 Å². The van der Waals surface area contributed by atoms with E-state index < -0.39 is 5.97 Å². The molecule has 0 aliphatic carbocycles. The number of benzene rings is 2. The monoisotopic (exact) mass is 351 g/mol. The second-order valence-corrected chi connectivity index (χ2v) is 6.38. The van der Waals surface area contributed by atoms with E-state index in [9.17, 15) is 9.59 Å². The summed E-state index contributed by atoms with van der Waals surface area (Å²) in [5, 5.41) is 5.00. The van der Waals surface area contributed by atoms with Crippen LogP contribution in [0, 0.1) is 0 Å². The first-order valence-electron chi connectivity index (χ1n) is 7.77. The van der Waals surface area contributed by atoms with Crippen molar-refractivity contribution in [3.63, 3.8) is 0 Å². The highest BCUT2D eigenvalue weighted by Gasteiger charge is 2.16. The van der Waals surface area contributed by atoms with Crippen molar-refractivity contribution in [2.75, 3.05) is 12.4 Å². The lowest BCUT2D eigenvalue weighted by molar-refractivity contribution is 0.0602. The van der Waals surface area contributed by atoms with E-state index in [1.54, 1.807) is 23.6 Å². The molecule has 126 valence electrons. The van der Waals surface area contributed by atoms with Gasteiger partial charge in [-0.3, -0.25) is 4.79 Å². The number of thiophene rings is 1. The maximum absolute atomic E-state index is 12.4. The highest BCUT2D eigenvalue weighted by atomic mass is 32.1. The summed E-state index contributed by atoms with van der Waals surface area (Å²) < 4.78 is 4.71. The molecular weight excluding hydrogens is 334 g/mol. The largest absolute Gasteiger partial charge is 0.465 e. The SMILES string of the molecule is COC(=O)c1ccsc1NC(=O)c1ccc(Cc2ccccc2)cc1. The molecule has 0 bridgehead atoms. The quantitative estimate of drug-likeness (QED) is 0.694. The van der Waals surface area contributed by atoms with E-state index in [-0.39, 0.29) is 5.91 Å². The van der Waals surface area contributed by atoms with Crippen LogP contribution in [0.1, 0.15) is 31.8 Å². The van der Waals surface area contributed by atoms with Crippen molar-refractivity contribution in [1.29, 1.82) is 0 Å². The molecule has 0 aliphatic heterocycles. The van der Waals surface area contributed by atoms with Crippen LogP contribution in [0.4, 0.5) is 5.00 Å². The van der Waals surface area contributed by atoms with Crippen LogP contribution in [0.2, 0.25) is 0 Å². The molecule has 2 aromatic carbocycles. The highest BCUT2D eigenvalue weighted by molar-refractivity contribution is 7.14. The lowest BCUT2D eigenvalue weighted by atomic mass is 10.0. The molecule has 0 radical (unpaired) electrons. The van der Waals surface area contributed by atoms with E-state index in [0.717, 1.165) is 12.0 Å². The van der Waals surface area contributed by atoms with Gasteiger partial charge in [0.05, 0.1) is 12.7 Å². The van der Waals surface area contributed by atoms with E-state index in [4.69, 9.17) is 4.74 Å². The number of methoxy groups -OCH3 is 1. The standard InChI is InChI=1S/C20H17NO3S/c1-24-20(23)17-11-12-25-19(17)21-18(22)16-9-7-15(8-10-16)13-14-5-3-2-4-6-14/h2-12H,13H2,1H3,(H,21,22). The van der Waals surface area contributed by atoms with Crippen molar-refractivity contribution >= 4 is 28.2 Å². The number of carbonyl (C=O) groups is 2. The Hall–Kier alpha value is -2.92. The van der Waals surface area contributed by atoms with Crippen LogP contribution in [0.5, 0.6) is 0 Å². The van der Waals surface area contributed by atoms with E-state index in [0.29, 0.717) is 16.1 Å². The molecule has 0 spiro atoms. The molecule has 3 rings (SSSR count). The molecule has 1 heterocycles. The number of hydrogen-bond donors (Lipinski definition) is 1. The van der Waals surface area contributed by atoms with Crippen molar-refractivity contribution in [3.05, 3.63) is 88.3 Å². The number of esters is 1. The van der Waals surface area contributed by atoms with Crippen molar-refractivity contribution < 1.29 is 14.3 Å². The van der Waals surface area contributed by atoms with Gasteiger partial charge < -0.3 is 10.1 Å². The summed E-state index contributed by atoms with van der Waals surface area (Å²) in [6.45, 7) is 0. The number of ether oxygens (including phenoxy) is 1. The summed E-state index contributed by atoms with van der Waals surface area (Å²) in [5.74, 6) is -0.714. The summed E-state index contributed by atoms with van der Waals surface area (Å²) in [7, 11) is 1.32. The highest BCUT2D eigenvalue weighted by Crippen LogP contribution is 2.24. The predicted molar refractivity (Wildman–Crippen MR) is 99.3 cm³/mol. The number of rotatable bonds is 5. The molecule has 4 nitrogen and oxygen atoms in total. The van der Waals surface area contributed by atoms with E-state index in [1.807, 2.05) is 30.3 Å². The van der Waals surface area contributed by atoms with E-state index in [2.05, 4.69) is 17.4 Å². The second-order valence-electron chi connectivity index (χ2n) is 5.47. The zero-order valence-electron chi connectivity index (χ0n) is 13.7. The minimum Gasteiger partial charge on any atom is -0.465 e.